The molecule has 0 spiro atoms. The second kappa shape index (κ2) is 4.54. The van der Waals surface area contributed by atoms with E-state index in [1.54, 1.807) is 0 Å². The summed E-state index contributed by atoms with van der Waals surface area (Å²) < 4.78 is 0. The van der Waals surface area contributed by atoms with Gasteiger partial charge < -0.3 is 4.90 Å². The van der Waals surface area contributed by atoms with Crippen LogP contribution in [-0.2, 0) is 16.2 Å². The Labute approximate surface area is 168 Å². The highest BCUT2D eigenvalue weighted by Crippen LogP contribution is 2.65. The molecule has 0 radical (unpaired) electrons. The maximum atomic E-state index is 2.61. The topological polar surface area (TPSA) is 3.24 Å². The van der Waals surface area contributed by atoms with Crippen molar-refractivity contribution >= 4 is 17.1 Å². The lowest BCUT2D eigenvalue weighted by molar-refractivity contribution is 0.566. The second-order valence-corrected chi connectivity index (χ2v) is 10.3. The molecule has 0 amide bonds. The Kier molecular flexibility index (Phi) is 2.66. The van der Waals surface area contributed by atoms with E-state index in [4.69, 9.17) is 0 Å². The van der Waals surface area contributed by atoms with Crippen LogP contribution in [0.5, 0.6) is 0 Å². The molecule has 0 bridgehead atoms. The Morgan fingerprint density at radius 3 is 0.857 bits per heavy atom. The van der Waals surface area contributed by atoms with Crippen LogP contribution >= 0.6 is 0 Å². The van der Waals surface area contributed by atoms with Crippen LogP contribution < -0.4 is 4.90 Å². The Hall–Kier alpha value is -2.54. The molecule has 1 heteroatoms. The minimum Gasteiger partial charge on any atom is -0.309 e. The Morgan fingerprint density at radius 2 is 0.643 bits per heavy atom. The standard InChI is InChI=1S/C27H27N/c1-25(2)16-10-7-12-18-22(16)28-23-17(25)11-8-13-19(23)27(5,6)21-15-9-14-20(24(21)28)26(18,3)4/h7-15H,1-6H3. The van der Waals surface area contributed by atoms with Crippen molar-refractivity contribution in [2.45, 2.75) is 57.8 Å². The second-order valence-electron chi connectivity index (χ2n) is 10.3. The third-order valence-corrected chi connectivity index (χ3v) is 7.82. The molecule has 0 aromatic heterocycles. The molecule has 3 heterocycles. The normalized spacial score (nSPS) is 20.6. The quantitative estimate of drug-likeness (QED) is 0.411. The third-order valence-electron chi connectivity index (χ3n) is 7.82. The van der Waals surface area contributed by atoms with Crippen molar-refractivity contribution < 1.29 is 0 Å². The van der Waals surface area contributed by atoms with Crippen LogP contribution in [-0.4, -0.2) is 0 Å². The van der Waals surface area contributed by atoms with Crippen molar-refractivity contribution in [2.24, 2.45) is 0 Å². The summed E-state index contributed by atoms with van der Waals surface area (Å²) in [6.07, 6.45) is 0. The molecule has 140 valence electrons. The average Bonchev–Trinajstić information content (AvgIpc) is 2.66. The maximum absolute atomic E-state index is 2.61. The summed E-state index contributed by atoms with van der Waals surface area (Å²) in [4.78, 5) is 2.61. The number of anilines is 3. The van der Waals surface area contributed by atoms with Gasteiger partial charge in [-0.25, -0.2) is 0 Å². The van der Waals surface area contributed by atoms with Crippen LogP contribution in [0.2, 0.25) is 0 Å². The summed E-state index contributed by atoms with van der Waals surface area (Å²) in [6.45, 7) is 14.4. The van der Waals surface area contributed by atoms with Gasteiger partial charge in [0, 0.05) is 16.2 Å². The van der Waals surface area contributed by atoms with Crippen molar-refractivity contribution in [2.75, 3.05) is 4.90 Å². The molecule has 3 aromatic carbocycles. The van der Waals surface area contributed by atoms with Crippen LogP contribution in [0.4, 0.5) is 17.1 Å². The predicted octanol–water partition coefficient (Wildman–Crippen LogP) is 7.07. The number of hydrogen-bond acceptors (Lipinski definition) is 1. The summed E-state index contributed by atoms with van der Waals surface area (Å²) in [6, 6.07) is 20.8. The van der Waals surface area contributed by atoms with Gasteiger partial charge in [0.1, 0.15) is 0 Å². The lowest BCUT2D eigenvalue weighted by Crippen LogP contribution is -2.43. The summed E-state index contributed by atoms with van der Waals surface area (Å²) in [5.41, 5.74) is 12.9. The molecule has 0 aliphatic carbocycles. The van der Waals surface area contributed by atoms with E-state index in [9.17, 15) is 0 Å². The summed E-state index contributed by atoms with van der Waals surface area (Å²) >= 11 is 0. The van der Waals surface area contributed by atoms with E-state index in [-0.39, 0.29) is 16.2 Å². The Balaban J connectivity index is 1.90. The fourth-order valence-corrected chi connectivity index (χ4v) is 6.15. The molecular formula is C27H27N. The van der Waals surface area contributed by atoms with E-state index in [1.807, 2.05) is 0 Å². The van der Waals surface area contributed by atoms with E-state index >= 15 is 0 Å². The van der Waals surface area contributed by atoms with Gasteiger partial charge in [-0.05, 0) is 33.4 Å². The predicted molar refractivity (Wildman–Crippen MR) is 118 cm³/mol. The molecule has 28 heavy (non-hydrogen) atoms. The number of para-hydroxylation sites is 3. The minimum atomic E-state index is -0.0108. The van der Waals surface area contributed by atoms with Gasteiger partial charge in [0.2, 0.25) is 0 Å². The fourth-order valence-electron chi connectivity index (χ4n) is 6.15. The molecule has 1 nitrogen and oxygen atoms in total. The van der Waals surface area contributed by atoms with Gasteiger partial charge in [-0.1, -0.05) is 96.1 Å². The van der Waals surface area contributed by atoms with Crippen LogP contribution in [0, 0.1) is 0 Å². The molecule has 0 N–H and O–H groups in total. The van der Waals surface area contributed by atoms with Crippen molar-refractivity contribution in [3.05, 3.63) is 88.0 Å². The monoisotopic (exact) mass is 365 g/mol. The van der Waals surface area contributed by atoms with E-state index in [2.05, 4.69) is 101 Å². The van der Waals surface area contributed by atoms with Gasteiger partial charge in [-0.15, -0.1) is 0 Å². The Morgan fingerprint density at radius 1 is 0.429 bits per heavy atom. The first-order valence-corrected chi connectivity index (χ1v) is 10.4. The highest BCUT2D eigenvalue weighted by molar-refractivity contribution is 5.97. The lowest BCUT2D eigenvalue weighted by Gasteiger charge is -2.54. The highest BCUT2D eigenvalue weighted by atomic mass is 15.2. The summed E-state index contributed by atoms with van der Waals surface area (Å²) in [7, 11) is 0. The maximum Gasteiger partial charge on any atom is 0.0543 e. The lowest BCUT2D eigenvalue weighted by atomic mass is 9.61. The van der Waals surface area contributed by atoms with Crippen LogP contribution in [0.15, 0.2) is 54.6 Å². The van der Waals surface area contributed by atoms with Crippen molar-refractivity contribution in [3.63, 3.8) is 0 Å². The zero-order chi connectivity index (χ0) is 19.6. The summed E-state index contributed by atoms with van der Waals surface area (Å²) in [5.74, 6) is 0. The first-order valence-electron chi connectivity index (χ1n) is 10.4. The van der Waals surface area contributed by atoms with Crippen LogP contribution in [0.3, 0.4) is 0 Å². The molecule has 0 unspecified atom stereocenters. The smallest absolute Gasteiger partial charge is 0.0543 e. The van der Waals surface area contributed by atoms with E-state index < -0.39 is 0 Å². The number of benzene rings is 3. The third kappa shape index (κ3) is 1.55. The minimum absolute atomic E-state index is 0.0108. The number of nitrogens with zero attached hydrogens (tertiary/aromatic N) is 1. The Bertz CT molecular complexity index is 969. The van der Waals surface area contributed by atoms with Gasteiger partial charge in [0.05, 0.1) is 17.1 Å². The molecule has 0 saturated heterocycles. The van der Waals surface area contributed by atoms with Crippen molar-refractivity contribution in [3.8, 4) is 0 Å². The van der Waals surface area contributed by atoms with Gasteiger partial charge in [0.15, 0.2) is 0 Å². The molecule has 0 atom stereocenters. The van der Waals surface area contributed by atoms with Gasteiger partial charge in [0.25, 0.3) is 0 Å². The average molecular weight is 366 g/mol. The first-order chi connectivity index (χ1) is 13.2. The number of rotatable bonds is 0. The SMILES string of the molecule is CC1(C)c2cccc3c2N2c4c1cccc4C(C)(C)c1cccc(c12)C3(C)C. The van der Waals surface area contributed by atoms with E-state index in [1.165, 1.54) is 50.4 Å². The van der Waals surface area contributed by atoms with Crippen molar-refractivity contribution in [1.82, 2.24) is 0 Å². The first kappa shape index (κ1) is 16.4. The van der Waals surface area contributed by atoms with Crippen LogP contribution in [0.1, 0.15) is 74.9 Å². The molecule has 3 aliphatic heterocycles. The van der Waals surface area contributed by atoms with Gasteiger partial charge in [-0.3, -0.25) is 0 Å². The number of hydrogen-bond donors (Lipinski definition) is 0. The zero-order valence-electron chi connectivity index (χ0n) is 17.6. The molecule has 0 saturated carbocycles. The zero-order valence-corrected chi connectivity index (χ0v) is 17.6. The van der Waals surface area contributed by atoms with Crippen LogP contribution in [0.25, 0.3) is 0 Å². The molecule has 0 fully saturated rings. The molecule has 3 aliphatic rings. The fraction of sp³-hybridized carbons (Fsp3) is 0.333. The van der Waals surface area contributed by atoms with E-state index in [0.29, 0.717) is 0 Å². The van der Waals surface area contributed by atoms with Gasteiger partial charge >= 0.3 is 0 Å². The van der Waals surface area contributed by atoms with Crippen molar-refractivity contribution in [1.29, 1.82) is 0 Å². The molecule has 3 aromatic rings. The van der Waals surface area contributed by atoms with Gasteiger partial charge in [-0.2, -0.15) is 0 Å². The van der Waals surface area contributed by atoms with E-state index in [0.717, 1.165) is 0 Å². The highest BCUT2D eigenvalue weighted by Gasteiger charge is 2.51. The molecular weight excluding hydrogens is 338 g/mol. The largest absolute Gasteiger partial charge is 0.309 e. The summed E-state index contributed by atoms with van der Waals surface area (Å²) in [5, 5.41) is 0. The molecule has 6 rings (SSSR count).